The molecule has 2 aromatic rings. The Hall–Kier alpha value is -2.04. The summed E-state index contributed by atoms with van der Waals surface area (Å²) < 4.78 is 5.35. The van der Waals surface area contributed by atoms with E-state index in [0.717, 1.165) is 36.1 Å². The second kappa shape index (κ2) is 7.24. The zero-order valence-electron chi connectivity index (χ0n) is 13.6. The molecule has 126 valence electrons. The highest BCUT2D eigenvalue weighted by Crippen LogP contribution is 2.40. The number of aryl methyl sites for hydroxylation is 1. The van der Waals surface area contributed by atoms with Gasteiger partial charge in [-0.15, -0.1) is 0 Å². The summed E-state index contributed by atoms with van der Waals surface area (Å²) in [4.78, 5) is 11.1. The summed E-state index contributed by atoms with van der Waals surface area (Å²) in [6, 6.07) is 11.6. The van der Waals surface area contributed by atoms with Crippen LogP contribution >= 0.6 is 11.6 Å². The largest absolute Gasteiger partial charge is 0.495 e. The molecule has 0 radical (unpaired) electrons. The van der Waals surface area contributed by atoms with Gasteiger partial charge in [-0.3, -0.25) is 4.79 Å². The Bertz CT molecular complexity index is 744. The van der Waals surface area contributed by atoms with E-state index in [9.17, 15) is 4.79 Å². The molecule has 0 heterocycles. The van der Waals surface area contributed by atoms with Gasteiger partial charge in [0.25, 0.3) is 0 Å². The first kappa shape index (κ1) is 16.8. The van der Waals surface area contributed by atoms with E-state index >= 15 is 0 Å². The number of carbonyl (C=O) groups is 1. The van der Waals surface area contributed by atoms with E-state index in [1.54, 1.807) is 19.2 Å². The van der Waals surface area contributed by atoms with Crippen molar-refractivity contribution in [1.82, 2.24) is 5.32 Å². The summed E-state index contributed by atoms with van der Waals surface area (Å²) >= 11 is 6.54. The summed E-state index contributed by atoms with van der Waals surface area (Å²) in [6.07, 6.45) is 3.22. The van der Waals surface area contributed by atoms with E-state index in [0.29, 0.717) is 17.1 Å². The van der Waals surface area contributed by atoms with Gasteiger partial charge in [0.1, 0.15) is 5.75 Å². The molecule has 3 rings (SSSR count). The number of methoxy groups -OCH3 is 1. The third-order valence-electron chi connectivity index (χ3n) is 4.53. The number of primary amides is 1. The maximum absolute atomic E-state index is 11.1. The van der Waals surface area contributed by atoms with Crippen LogP contribution in [0.4, 0.5) is 0 Å². The first-order valence-corrected chi connectivity index (χ1v) is 8.45. The number of rotatable bonds is 5. The third-order valence-corrected chi connectivity index (χ3v) is 4.92. The van der Waals surface area contributed by atoms with Crippen LogP contribution in [0.25, 0.3) is 0 Å². The van der Waals surface area contributed by atoms with Gasteiger partial charge in [-0.05, 0) is 54.2 Å². The molecular formula is C19H21ClN2O2. The normalized spacial score (nSPS) is 16.5. The lowest BCUT2D eigenvalue weighted by molar-refractivity contribution is 0.100. The van der Waals surface area contributed by atoms with Gasteiger partial charge in [0, 0.05) is 18.2 Å². The molecule has 0 bridgehead atoms. The van der Waals surface area contributed by atoms with E-state index in [1.807, 2.05) is 18.2 Å². The minimum atomic E-state index is -0.408. The summed E-state index contributed by atoms with van der Waals surface area (Å²) in [5.41, 5.74) is 9.33. The van der Waals surface area contributed by atoms with Crippen LogP contribution < -0.4 is 15.8 Å². The van der Waals surface area contributed by atoms with Crippen molar-refractivity contribution < 1.29 is 9.53 Å². The Morgan fingerprint density at radius 3 is 2.71 bits per heavy atom. The average Bonchev–Trinajstić information content (AvgIpc) is 2.60. The summed E-state index contributed by atoms with van der Waals surface area (Å²) in [5.74, 6) is 0.310. The van der Waals surface area contributed by atoms with Crippen molar-refractivity contribution in [2.75, 3.05) is 7.11 Å². The second-order valence-corrected chi connectivity index (χ2v) is 6.42. The minimum absolute atomic E-state index is 0.201. The fraction of sp³-hybridized carbons (Fsp3) is 0.316. The van der Waals surface area contributed by atoms with Crippen LogP contribution in [-0.2, 0) is 13.0 Å². The third kappa shape index (κ3) is 3.40. The zero-order valence-corrected chi connectivity index (χ0v) is 14.4. The number of amides is 1. The summed E-state index contributed by atoms with van der Waals surface area (Å²) in [5, 5.41) is 4.28. The Morgan fingerprint density at radius 2 is 2.04 bits per heavy atom. The van der Waals surface area contributed by atoms with Crippen LogP contribution in [0.1, 0.15) is 45.9 Å². The standard InChI is InChI=1S/C19H21ClN2O2/c1-24-16-10-9-13-3-2-4-15(17(13)18(16)20)22-11-12-5-7-14(8-6-12)19(21)23/h5-10,15,22H,2-4,11H2,1H3,(H2,21,23). The molecule has 3 N–H and O–H groups in total. The van der Waals surface area contributed by atoms with Crippen molar-refractivity contribution in [2.24, 2.45) is 5.73 Å². The van der Waals surface area contributed by atoms with Gasteiger partial charge < -0.3 is 15.8 Å². The highest BCUT2D eigenvalue weighted by atomic mass is 35.5. The van der Waals surface area contributed by atoms with Crippen molar-refractivity contribution in [1.29, 1.82) is 0 Å². The average molecular weight is 345 g/mol. The van der Waals surface area contributed by atoms with E-state index < -0.39 is 5.91 Å². The Labute approximate surface area is 147 Å². The Morgan fingerprint density at radius 1 is 1.29 bits per heavy atom. The molecule has 0 saturated carbocycles. The number of benzene rings is 2. The van der Waals surface area contributed by atoms with Crippen LogP contribution in [0.5, 0.6) is 5.75 Å². The number of nitrogens with one attached hydrogen (secondary N) is 1. The van der Waals surface area contributed by atoms with E-state index in [4.69, 9.17) is 22.1 Å². The first-order valence-electron chi connectivity index (χ1n) is 8.07. The van der Waals surface area contributed by atoms with Crippen LogP contribution in [0.2, 0.25) is 5.02 Å². The predicted molar refractivity (Wildman–Crippen MR) is 95.5 cm³/mol. The van der Waals surface area contributed by atoms with Crippen molar-refractivity contribution in [3.63, 3.8) is 0 Å². The molecule has 4 nitrogen and oxygen atoms in total. The number of halogens is 1. The zero-order chi connectivity index (χ0) is 17.1. The Kier molecular flexibility index (Phi) is 5.07. The molecule has 24 heavy (non-hydrogen) atoms. The number of hydrogen-bond acceptors (Lipinski definition) is 3. The number of hydrogen-bond donors (Lipinski definition) is 2. The SMILES string of the molecule is COc1ccc2c(c1Cl)C(NCc1ccc(C(N)=O)cc1)CCC2. The van der Waals surface area contributed by atoms with E-state index in [2.05, 4.69) is 11.4 Å². The van der Waals surface area contributed by atoms with Gasteiger partial charge in [-0.2, -0.15) is 0 Å². The van der Waals surface area contributed by atoms with Crippen molar-refractivity contribution >= 4 is 17.5 Å². The van der Waals surface area contributed by atoms with Gasteiger partial charge in [-0.1, -0.05) is 29.8 Å². The molecule has 5 heteroatoms. The maximum atomic E-state index is 11.1. The lowest BCUT2D eigenvalue weighted by Gasteiger charge is -2.28. The van der Waals surface area contributed by atoms with Crippen molar-refractivity contribution in [3.8, 4) is 5.75 Å². The van der Waals surface area contributed by atoms with Crippen LogP contribution in [0, 0.1) is 0 Å². The molecule has 0 saturated heterocycles. The van der Waals surface area contributed by atoms with Gasteiger partial charge in [0.2, 0.25) is 5.91 Å². The molecule has 0 aliphatic heterocycles. The molecule has 2 aromatic carbocycles. The highest BCUT2D eigenvalue weighted by Gasteiger charge is 2.24. The van der Waals surface area contributed by atoms with Crippen LogP contribution in [0.3, 0.4) is 0 Å². The molecule has 0 spiro atoms. The van der Waals surface area contributed by atoms with Gasteiger partial charge in [0.15, 0.2) is 0 Å². The maximum Gasteiger partial charge on any atom is 0.248 e. The van der Waals surface area contributed by atoms with Crippen LogP contribution in [-0.4, -0.2) is 13.0 Å². The molecule has 1 unspecified atom stereocenters. The quantitative estimate of drug-likeness (QED) is 0.870. The predicted octanol–water partition coefficient (Wildman–Crippen LogP) is 3.61. The molecule has 0 aromatic heterocycles. The molecule has 1 aliphatic carbocycles. The van der Waals surface area contributed by atoms with Gasteiger partial charge in [-0.25, -0.2) is 0 Å². The van der Waals surface area contributed by atoms with E-state index in [-0.39, 0.29) is 6.04 Å². The topological polar surface area (TPSA) is 64.3 Å². The first-order chi connectivity index (χ1) is 11.6. The molecule has 1 aliphatic rings. The minimum Gasteiger partial charge on any atom is -0.495 e. The second-order valence-electron chi connectivity index (χ2n) is 6.04. The molecule has 1 atom stereocenters. The lowest BCUT2D eigenvalue weighted by atomic mass is 9.87. The highest BCUT2D eigenvalue weighted by molar-refractivity contribution is 6.33. The number of fused-ring (bicyclic) bond motifs is 1. The van der Waals surface area contributed by atoms with Gasteiger partial charge in [0.05, 0.1) is 12.1 Å². The molecule has 1 amide bonds. The van der Waals surface area contributed by atoms with Crippen molar-refractivity contribution in [2.45, 2.75) is 31.8 Å². The van der Waals surface area contributed by atoms with E-state index in [1.165, 1.54) is 5.56 Å². The van der Waals surface area contributed by atoms with Crippen molar-refractivity contribution in [3.05, 3.63) is 63.7 Å². The molecular weight excluding hydrogens is 324 g/mol. The van der Waals surface area contributed by atoms with Gasteiger partial charge >= 0.3 is 0 Å². The fourth-order valence-corrected chi connectivity index (χ4v) is 3.63. The summed E-state index contributed by atoms with van der Waals surface area (Å²) in [7, 11) is 1.64. The fourth-order valence-electron chi connectivity index (χ4n) is 3.24. The summed E-state index contributed by atoms with van der Waals surface area (Å²) in [6.45, 7) is 0.705. The van der Waals surface area contributed by atoms with Crippen LogP contribution in [0.15, 0.2) is 36.4 Å². The number of ether oxygens (including phenoxy) is 1. The lowest BCUT2D eigenvalue weighted by Crippen LogP contribution is -2.25. The smallest absolute Gasteiger partial charge is 0.248 e. The number of carbonyl (C=O) groups excluding carboxylic acids is 1. The monoisotopic (exact) mass is 344 g/mol. The number of nitrogens with two attached hydrogens (primary N) is 1. The molecule has 0 fully saturated rings. The Balaban J connectivity index is 1.76.